The largest absolute Gasteiger partial charge is 0.326 e. The fourth-order valence-corrected chi connectivity index (χ4v) is 2.30. The summed E-state index contributed by atoms with van der Waals surface area (Å²) in [6, 6.07) is 8.29. The summed E-state index contributed by atoms with van der Waals surface area (Å²) in [7, 11) is 0. The third kappa shape index (κ3) is 3.21. The van der Waals surface area contributed by atoms with Gasteiger partial charge in [-0.25, -0.2) is 4.98 Å². The fraction of sp³-hybridized carbons (Fsp3) is 0.308. The van der Waals surface area contributed by atoms with Gasteiger partial charge in [-0.1, -0.05) is 13.0 Å². The molecule has 0 bridgehead atoms. The first-order valence-electron chi connectivity index (χ1n) is 5.75. The Hall–Kier alpha value is -1.04. The second kappa shape index (κ2) is 5.53. The maximum atomic E-state index is 4.50. The van der Waals surface area contributed by atoms with Crippen LogP contribution in [0.1, 0.15) is 19.0 Å². The van der Waals surface area contributed by atoms with E-state index in [1.54, 1.807) is 0 Å². The molecule has 1 heterocycles. The second-order valence-corrected chi connectivity index (χ2v) is 5.28. The van der Waals surface area contributed by atoms with Crippen LogP contribution in [0.25, 0.3) is 0 Å². The highest BCUT2D eigenvalue weighted by atomic mass is 127. The highest BCUT2D eigenvalue weighted by Crippen LogP contribution is 2.18. The fourth-order valence-electron chi connectivity index (χ4n) is 1.75. The molecule has 0 aliphatic rings. The van der Waals surface area contributed by atoms with E-state index in [1.807, 2.05) is 13.0 Å². The van der Waals surface area contributed by atoms with Gasteiger partial charge in [0.15, 0.2) is 0 Å². The third-order valence-corrected chi connectivity index (χ3v) is 3.11. The van der Waals surface area contributed by atoms with Crippen LogP contribution < -0.4 is 5.32 Å². The van der Waals surface area contributed by atoms with Crippen molar-refractivity contribution < 1.29 is 0 Å². The third-order valence-electron chi connectivity index (χ3n) is 2.44. The van der Waals surface area contributed by atoms with Gasteiger partial charge < -0.3 is 9.88 Å². The number of rotatable bonds is 4. The molecule has 0 fully saturated rings. The van der Waals surface area contributed by atoms with Crippen molar-refractivity contribution >= 4 is 34.2 Å². The molecule has 4 heteroatoms. The average molecular weight is 341 g/mol. The summed E-state index contributed by atoms with van der Waals surface area (Å²) < 4.78 is 3.38. The molecule has 3 nitrogen and oxygen atoms in total. The van der Waals surface area contributed by atoms with Crippen LogP contribution in [-0.2, 0) is 6.54 Å². The SMILES string of the molecule is CCCn1cc(C)nc1Nc1cccc(I)c1. The molecule has 0 radical (unpaired) electrons. The lowest BCUT2D eigenvalue weighted by Gasteiger charge is -2.08. The van der Waals surface area contributed by atoms with Gasteiger partial charge in [-0.2, -0.15) is 0 Å². The summed E-state index contributed by atoms with van der Waals surface area (Å²) in [4.78, 5) is 4.50. The Labute approximate surface area is 115 Å². The Balaban J connectivity index is 2.23. The molecular formula is C13H16IN3. The molecule has 0 aliphatic heterocycles. The van der Waals surface area contributed by atoms with E-state index in [0.717, 1.165) is 30.3 Å². The van der Waals surface area contributed by atoms with Crippen molar-refractivity contribution in [1.29, 1.82) is 0 Å². The van der Waals surface area contributed by atoms with E-state index in [4.69, 9.17) is 0 Å². The van der Waals surface area contributed by atoms with Gasteiger partial charge in [-0.05, 0) is 54.1 Å². The van der Waals surface area contributed by atoms with Crippen LogP contribution in [-0.4, -0.2) is 9.55 Å². The van der Waals surface area contributed by atoms with Gasteiger partial charge in [-0.3, -0.25) is 0 Å². The quantitative estimate of drug-likeness (QED) is 0.854. The first kappa shape index (κ1) is 12.4. The minimum absolute atomic E-state index is 0.923. The molecule has 0 aliphatic carbocycles. The minimum Gasteiger partial charge on any atom is -0.326 e. The summed E-state index contributed by atoms with van der Waals surface area (Å²) in [5.41, 5.74) is 2.13. The lowest BCUT2D eigenvalue weighted by atomic mass is 10.3. The maximum Gasteiger partial charge on any atom is 0.207 e. The van der Waals surface area contributed by atoms with Crippen LogP contribution in [0.2, 0.25) is 0 Å². The van der Waals surface area contributed by atoms with Gasteiger partial charge in [0.2, 0.25) is 5.95 Å². The van der Waals surface area contributed by atoms with E-state index in [9.17, 15) is 0 Å². The molecule has 17 heavy (non-hydrogen) atoms. The lowest BCUT2D eigenvalue weighted by Crippen LogP contribution is -2.02. The molecule has 1 aromatic carbocycles. The molecule has 90 valence electrons. The zero-order valence-corrected chi connectivity index (χ0v) is 12.2. The van der Waals surface area contributed by atoms with Crippen molar-refractivity contribution in [2.45, 2.75) is 26.8 Å². The monoisotopic (exact) mass is 341 g/mol. The molecule has 2 aromatic rings. The Morgan fingerprint density at radius 1 is 1.41 bits per heavy atom. The number of hydrogen-bond acceptors (Lipinski definition) is 2. The molecule has 0 atom stereocenters. The van der Waals surface area contributed by atoms with Crippen LogP contribution in [0.15, 0.2) is 30.5 Å². The van der Waals surface area contributed by atoms with Crippen LogP contribution in [0.5, 0.6) is 0 Å². The molecule has 1 aromatic heterocycles. The van der Waals surface area contributed by atoms with Crippen LogP contribution in [0, 0.1) is 10.5 Å². The smallest absolute Gasteiger partial charge is 0.207 e. The molecule has 2 rings (SSSR count). The molecule has 0 saturated carbocycles. The second-order valence-electron chi connectivity index (χ2n) is 4.03. The first-order valence-corrected chi connectivity index (χ1v) is 6.83. The zero-order valence-electron chi connectivity index (χ0n) is 10.1. The van der Waals surface area contributed by atoms with Gasteiger partial charge in [0.05, 0.1) is 5.69 Å². The molecule has 0 amide bonds. The number of benzene rings is 1. The van der Waals surface area contributed by atoms with Crippen molar-refractivity contribution in [1.82, 2.24) is 9.55 Å². The van der Waals surface area contributed by atoms with Crippen LogP contribution in [0.3, 0.4) is 0 Å². The summed E-state index contributed by atoms with van der Waals surface area (Å²) in [6.45, 7) is 5.18. The summed E-state index contributed by atoms with van der Waals surface area (Å²) in [5, 5.41) is 3.37. The number of hydrogen-bond donors (Lipinski definition) is 1. The van der Waals surface area contributed by atoms with Crippen molar-refractivity contribution in [3.8, 4) is 0 Å². The Bertz CT molecular complexity index is 505. The number of aromatic nitrogens is 2. The van der Waals surface area contributed by atoms with Crippen molar-refractivity contribution in [3.63, 3.8) is 0 Å². The summed E-state index contributed by atoms with van der Waals surface area (Å²) in [5.74, 6) is 0.923. The molecule has 0 unspecified atom stereocenters. The number of imidazole rings is 1. The van der Waals surface area contributed by atoms with Crippen LogP contribution in [0.4, 0.5) is 11.6 Å². The Morgan fingerprint density at radius 2 is 2.24 bits per heavy atom. The lowest BCUT2D eigenvalue weighted by molar-refractivity contribution is 0.686. The number of halogens is 1. The van der Waals surface area contributed by atoms with Gasteiger partial charge >= 0.3 is 0 Å². The van der Waals surface area contributed by atoms with E-state index < -0.39 is 0 Å². The highest BCUT2D eigenvalue weighted by molar-refractivity contribution is 14.1. The molecule has 0 saturated heterocycles. The topological polar surface area (TPSA) is 29.9 Å². The standard InChI is InChI=1S/C13H16IN3/c1-3-7-17-9-10(2)15-13(17)16-12-6-4-5-11(14)8-12/h4-6,8-9H,3,7H2,1-2H3,(H,15,16). The first-order chi connectivity index (χ1) is 8.19. The summed E-state index contributed by atoms with van der Waals surface area (Å²) >= 11 is 2.31. The van der Waals surface area contributed by atoms with Gasteiger partial charge in [0, 0.05) is 22.0 Å². The number of nitrogens with one attached hydrogen (secondary N) is 1. The van der Waals surface area contributed by atoms with Crippen molar-refractivity contribution in [3.05, 3.63) is 39.7 Å². The Kier molecular flexibility index (Phi) is 4.04. The van der Waals surface area contributed by atoms with Gasteiger partial charge in [-0.15, -0.1) is 0 Å². The molecule has 1 N–H and O–H groups in total. The van der Waals surface area contributed by atoms with E-state index >= 15 is 0 Å². The average Bonchev–Trinajstić information content (AvgIpc) is 2.59. The number of anilines is 2. The minimum atomic E-state index is 0.923. The molecule has 0 spiro atoms. The normalized spacial score (nSPS) is 10.5. The molecular weight excluding hydrogens is 325 g/mol. The van der Waals surface area contributed by atoms with Gasteiger partial charge in [0.25, 0.3) is 0 Å². The van der Waals surface area contributed by atoms with Crippen molar-refractivity contribution in [2.75, 3.05) is 5.32 Å². The predicted octanol–water partition coefficient (Wildman–Crippen LogP) is 3.95. The summed E-state index contributed by atoms with van der Waals surface area (Å²) in [6.07, 6.45) is 3.19. The maximum absolute atomic E-state index is 4.50. The van der Waals surface area contributed by atoms with E-state index in [0.29, 0.717) is 0 Å². The predicted molar refractivity (Wildman–Crippen MR) is 79.7 cm³/mol. The van der Waals surface area contributed by atoms with Crippen molar-refractivity contribution in [2.24, 2.45) is 0 Å². The Morgan fingerprint density at radius 3 is 2.94 bits per heavy atom. The number of aryl methyl sites for hydroxylation is 2. The van der Waals surface area contributed by atoms with E-state index in [2.05, 4.69) is 68.8 Å². The van der Waals surface area contributed by atoms with E-state index in [1.165, 1.54) is 3.57 Å². The number of nitrogens with zero attached hydrogens (tertiary/aromatic N) is 2. The van der Waals surface area contributed by atoms with E-state index in [-0.39, 0.29) is 0 Å². The van der Waals surface area contributed by atoms with Crippen LogP contribution >= 0.6 is 22.6 Å². The van der Waals surface area contributed by atoms with Gasteiger partial charge in [0.1, 0.15) is 0 Å². The zero-order chi connectivity index (χ0) is 12.3. The highest BCUT2D eigenvalue weighted by Gasteiger charge is 2.05.